The van der Waals surface area contributed by atoms with Crippen LogP contribution in [0.2, 0.25) is 5.02 Å². The second-order valence-corrected chi connectivity index (χ2v) is 7.66. The van der Waals surface area contributed by atoms with E-state index in [9.17, 15) is 4.79 Å². The first-order valence-corrected chi connectivity index (χ1v) is 9.95. The molecule has 1 fully saturated rings. The monoisotopic (exact) mass is 407 g/mol. The molecule has 3 aromatic rings. The van der Waals surface area contributed by atoms with Crippen LogP contribution in [-0.4, -0.2) is 40.6 Å². The molecule has 0 aliphatic carbocycles. The molecule has 0 spiro atoms. The zero-order chi connectivity index (χ0) is 20.2. The lowest BCUT2D eigenvalue weighted by atomic mass is 10.0. The Labute approximate surface area is 175 Å². The fraction of sp³-hybridized carbons (Fsp3) is 0.217. The number of nitrogens with zero attached hydrogens (tertiary/aromatic N) is 2. The van der Waals surface area contributed by atoms with Crippen LogP contribution in [0.4, 0.5) is 5.82 Å². The van der Waals surface area contributed by atoms with E-state index in [1.807, 2.05) is 48.5 Å². The average molecular weight is 408 g/mol. The van der Waals surface area contributed by atoms with Crippen LogP contribution in [0.25, 0.3) is 11.1 Å². The summed E-state index contributed by atoms with van der Waals surface area (Å²) in [6, 6.07) is 18.9. The van der Waals surface area contributed by atoms with Crippen molar-refractivity contribution in [2.45, 2.75) is 6.54 Å². The first-order valence-electron chi connectivity index (χ1n) is 9.57. The summed E-state index contributed by atoms with van der Waals surface area (Å²) in [4.78, 5) is 19.3. The Morgan fingerprint density at radius 2 is 1.90 bits per heavy atom. The van der Waals surface area contributed by atoms with Crippen LogP contribution in [0.3, 0.4) is 0 Å². The Bertz CT molecular complexity index is 987. The van der Waals surface area contributed by atoms with Crippen LogP contribution < -0.4 is 5.32 Å². The van der Waals surface area contributed by atoms with Gasteiger partial charge < -0.3 is 10.4 Å². The van der Waals surface area contributed by atoms with Crippen molar-refractivity contribution in [3.63, 3.8) is 0 Å². The van der Waals surface area contributed by atoms with Crippen molar-refractivity contribution in [1.29, 1.82) is 0 Å². The van der Waals surface area contributed by atoms with Crippen LogP contribution in [0.1, 0.15) is 15.9 Å². The number of hydrogen-bond acceptors (Lipinski definition) is 4. The molecule has 29 heavy (non-hydrogen) atoms. The molecule has 0 atom stereocenters. The summed E-state index contributed by atoms with van der Waals surface area (Å²) >= 11 is 6.53. The standard InChI is InChI=1S/C23H22ClN3O2/c24-22-19(18-5-2-1-3-6-18)7-4-8-20(22)23(29)26-21-10-9-16(11-25-21)12-27-13-17(14-27)15-28/h1-11,17,28H,12-15H2,(H,25,26,29). The van der Waals surface area contributed by atoms with Crippen LogP contribution in [0.5, 0.6) is 0 Å². The number of nitrogens with one attached hydrogen (secondary N) is 1. The number of aliphatic hydroxyl groups is 1. The van der Waals surface area contributed by atoms with E-state index in [4.69, 9.17) is 16.7 Å². The van der Waals surface area contributed by atoms with E-state index in [-0.39, 0.29) is 12.5 Å². The smallest absolute Gasteiger partial charge is 0.258 e. The number of benzene rings is 2. The fourth-order valence-corrected chi connectivity index (χ4v) is 3.82. The number of aliphatic hydroxyl groups excluding tert-OH is 1. The molecule has 4 rings (SSSR count). The van der Waals surface area contributed by atoms with Crippen molar-refractivity contribution < 1.29 is 9.90 Å². The van der Waals surface area contributed by atoms with Crippen molar-refractivity contribution in [3.05, 3.63) is 83.0 Å². The molecule has 1 amide bonds. The van der Waals surface area contributed by atoms with Gasteiger partial charge in [0.25, 0.3) is 5.91 Å². The van der Waals surface area contributed by atoms with E-state index in [2.05, 4.69) is 15.2 Å². The van der Waals surface area contributed by atoms with E-state index in [1.165, 1.54) is 0 Å². The largest absolute Gasteiger partial charge is 0.396 e. The zero-order valence-corrected chi connectivity index (χ0v) is 16.6. The van der Waals surface area contributed by atoms with Gasteiger partial charge in [-0.05, 0) is 23.3 Å². The first-order chi connectivity index (χ1) is 14.1. The third-order valence-electron chi connectivity index (χ3n) is 5.09. The molecule has 148 valence electrons. The molecule has 2 N–H and O–H groups in total. The minimum Gasteiger partial charge on any atom is -0.396 e. The topological polar surface area (TPSA) is 65.5 Å². The van der Waals surface area contributed by atoms with Crippen LogP contribution >= 0.6 is 11.6 Å². The van der Waals surface area contributed by atoms with Crippen molar-refractivity contribution in [2.24, 2.45) is 5.92 Å². The number of carbonyl (C=O) groups excluding carboxylic acids is 1. The number of likely N-dealkylation sites (tertiary alicyclic amines) is 1. The van der Waals surface area contributed by atoms with Crippen LogP contribution in [0.15, 0.2) is 66.9 Å². The SMILES string of the molecule is O=C(Nc1ccc(CN2CC(CO)C2)cn1)c1cccc(-c2ccccc2)c1Cl. The Hall–Kier alpha value is -2.73. The molecule has 1 aliphatic heterocycles. The minimum absolute atomic E-state index is 0.244. The molecule has 2 aromatic carbocycles. The van der Waals surface area contributed by atoms with Crippen LogP contribution in [-0.2, 0) is 6.54 Å². The molecular weight excluding hydrogens is 386 g/mol. The Morgan fingerprint density at radius 1 is 1.10 bits per heavy atom. The van der Waals surface area contributed by atoms with Crippen molar-refractivity contribution in [1.82, 2.24) is 9.88 Å². The molecule has 0 unspecified atom stereocenters. The number of amides is 1. The molecule has 0 radical (unpaired) electrons. The highest BCUT2D eigenvalue weighted by Gasteiger charge is 2.25. The lowest BCUT2D eigenvalue weighted by Gasteiger charge is -2.38. The third-order valence-corrected chi connectivity index (χ3v) is 5.50. The number of rotatable bonds is 6. The van der Waals surface area contributed by atoms with Gasteiger partial charge in [-0.25, -0.2) is 4.98 Å². The van der Waals surface area contributed by atoms with Gasteiger partial charge >= 0.3 is 0 Å². The second kappa shape index (κ2) is 8.74. The van der Waals surface area contributed by atoms with Gasteiger partial charge in [-0.2, -0.15) is 0 Å². The van der Waals surface area contributed by atoms with Gasteiger partial charge in [0.2, 0.25) is 0 Å². The summed E-state index contributed by atoms with van der Waals surface area (Å²) in [7, 11) is 0. The molecule has 0 bridgehead atoms. The molecular formula is C23H22ClN3O2. The van der Waals surface area contributed by atoms with E-state index in [0.29, 0.717) is 22.3 Å². The summed E-state index contributed by atoms with van der Waals surface area (Å²) in [5.74, 6) is 0.580. The van der Waals surface area contributed by atoms with E-state index in [1.54, 1.807) is 18.3 Å². The number of anilines is 1. The summed E-state index contributed by atoms with van der Waals surface area (Å²) in [5.41, 5.74) is 3.26. The Kier molecular flexibility index (Phi) is 5.90. The predicted octanol–water partition coefficient (Wildman–Crippen LogP) is 4.08. The number of aromatic nitrogens is 1. The molecule has 1 saturated heterocycles. The third kappa shape index (κ3) is 4.48. The molecule has 5 nitrogen and oxygen atoms in total. The van der Waals surface area contributed by atoms with E-state index in [0.717, 1.165) is 36.3 Å². The summed E-state index contributed by atoms with van der Waals surface area (Å²) in [6.45, 7) is 2.85. The molecule has 6 heteroatoms. The Balaban J connectivity index is 1.43. The van der Waals surface area contributed by atoms with Gasteiger partial charge in [-0.15, -0.1) is 0 Å². The van der Waals surface area contributed by atoms with Gasteiger partial charge in [0.05, 0.1) is 10.6 Å². The maximum absolute atomic E-state index is 12.7. The van der Waals surface area contributed by atoms with Crippen molar-refractivity contribution in [2.75, 3.05) is 25.0 Å². The summed E-state index contributed by atoms with van der Waals surface area (Å²) in [5, 5.41) is 12.3. The number of carbonyl (C=O) groups is 1. The highest BCUT2D eigenvalue weighted by molar-refractivity contribution is 6.37. The summed E-state index contributed by atoms with van der Waals surface area (Å²) < 4.78 is 0. The maximum atomic E-state index is 12.7. The maximum Gasteiger partial charge on any atom is 0.258 e. The molecule has 1 aromatic heterocycles. The normalized spacial score (nSPS) is 14.4. The van der Waals surface area contributed by atoms with Gasteiger partial charge in [0.15, 0.2) is 0 Å². The highest BCUT2D eigenvalue weighted by Crippen LogP contribution is 2.31. The highest BCUT2D eigenvalue weighted by atomic mass is 35.5. The summed E-state index contributed by atoms with van der Waals surface area (Å²) in [6.07, 6.45) is 1.77. The average Bonchev–Trinajstić information content (AvgIpc) is 2.72. The van der Waals surface area contributed by atoms with Crippen molar-refractivity contribution >= 4 is 23.3 Å². The van der Waals surface area contributed by atoms with Gasteiger partial charge in [0, 0.05) is 43.9 Å². The van der Waals surface area contributed by atoms with Gasteiger partial charge in [-0.1, -0.05) is 60.1 Å². The first kappa shape index (κ1) is 19.6. The minimum atomic E-state index is -0.290. The lowest BCUT2D eigenvalue weighted by Crippen LogP contribution is -2.47. The number of halogens is 1. The van der Waals surface area contributed by atoms with Crippen molar-refractivity contribution in [3.8, 4) is 11.1 Å². The Morgan fingerprint density at radius 3 is 2.59 bits per heavy atom. The lowest BCUT2D eigenvalue weighted by molar-refractivity contribution is 0.0478. The molecule has 2 heterocycles. The van der Waals surface area contributed by atoms with E-state index >= 15 is 0 Å². The van der Waals surface area contributed by atoms with Gasteiger partial charge in [-0.3, -0.25) is 9.69 Å². The number of pyridine rings is 1. The van der Waals surface area contributed by atoms with Crippen LogP contribution in [0, 0.1) is 5.92 Å². The quantitative estimate of drug-likeness (QED) is 0.646. The predicted molar refractivity (Wildman–Crippen MR) is 115 cm³/mol. The zero-order valence-electron chi connectivity index (χ0n) is 15.9. The van der Waals surface area contributed by atoms with E-state index < -0.39 is 0 Å². The fourth-order valence-electron chi connectivity index (χ4n) is 3.50. The van der Waals surface area contributed by atoms with Gasteiger partial charge in [0.1, 0.15) is 5.82 Å². The second-order valence-electron chi connectivity index (χ2n) is 7.28. The number of hydrogen-bond donors (Lipinski definition) is 2. The molecule has 1 aliphatic rings. The molecule has 0 saturated carbocycles.